The standard InChI is InChI=1S/C19H20Cl2N2O2/c1-4-5-17(24)23-18-14(9-13(20)10-15(18)21)19(25)22-16-7-6-11(2)8-12(16)3/h6-10H,4-5H2,1-3H3,(H,22,25)(H,23,24). The zero-order valence-electron chi connectivity index (χ0n) is 14.4. The Hall–Kier alpha value is -2.04. The first-order chi connectivity index (χ1) is 11.8. The van der Waals surface area contributed by atoms with Gasteiger partial charge in [0.25, 0.3) is 5.91 Å². The van der Waals surface area contributed by atoms with Gasteiger partial charge in [-0.05, 0) is 44.0 Å². The minimum Gasteiger partial charge on any atom is -0.324 e. The number of benzene rings is 2. The summed E-state index contributed by atoms with van der Waals surface area (Å²) in [6, 6.07) is 8.72. The molecule has 0 unspecified atom stereocenters. The number of rotatable bonds is 5. The van der Waals surface area contributed by atoms with Crippen LogP contribution in [0.5, 0.6) is 0 Å². The molecule has 0 aliphatic rings. The highest BCUT2D eigenvalue weighted by Gasteiger charge is 2.18. The van der Waals surface area contributed by atoms with Gasteiger partial charge in [-0.2, -0.15) is 0 Å². The molecule has 0 atom stereocenters. The number of anilines is 2. The van der Waals surface area contributed by atoms with Crippen molar-refractivity contribution in [1.82, 2.24) is 0 Å². The van der Waals surface area contributed by atoms with Gasteiger partial charge in [0.1, 0.15) is 0 Å². The van der Waals surface area contributed by atoms with Crippen molar-refractivity contribution in [3.63, 3.8) is 0 Å². The van der Waals surface area contributed by atoms with Crippen LogP contribution in [0.15, 0.2) is 30.3 Å². The topological polar surface area (TPSA) is 58.2 Å². The maximum absolute atomic E-state index is 12.7. The Morgan fingerprint density at radius 2 is 1.76 bits per heavy atom. The molecule has 0 saturated heterocycles. The highest BCUT2D eigenvalue weighted by molar-refractivity contribution is 6.38. The van der Waals surface area contributed by atoms with Gasteiger partial charge < -0.3 is 10.6 Å². The van der Waals surface area contributed by atoms with Crippen molar-refractivity contribution in [2.24, 2.45) is 0 Å². The van der Waals surface area contributed by atoms with Gasteiger partial charge in [-0.3, -0.25) is 9.59 Å². The summed E-state index contributed by atoms with van der Waals surface area (Å²) in [7, 11) is 0. The summed E-state index contributed by atoms with van der Waals surface area (Å²) >= 11 is 12.2. The second-order valence-corrected chi connectivity index (χ2v) is 6.72. The van der Waals surface area contributed by atoms with Crippen LogP contribution in [0.25, 0.3) is 0 Å². The summed E-state index contributed by atoms with van der Waals surface area (Å²) in [5, 5.41) is 6.10. The van der Waals surface area contributed by atoms with Gasteiger partial charge in [-0.1, -0.05) is 47.8 Å². The molecule has 2 aromatic rings. The minimum atomic E-state index is -0.386. The Morgan fingerprint density at radius 3 is 2.40 bits per heavy atom. The lowest BCUT2D eigenvalue weighted by Gasteiger charge is -2.15. The van der Waals surface area contributed by atoms with E-state index in [4.69, 9.17) is 23.2 Å². The van der Waals surface area contributed by atoms with Crippen molar-refractivity contribution in [3.8, 4) is 0 Å². The maximum atomic E-state index is 12.7. The van der Waals surface area contributed by atoms with Gasteiger partial charge in [0.05, 0.1) is 16.3 Å². The summed E-state index contributed by atoms with van der Waals surface area (Å²) in [5.41, 5.74) is 3.23. The second-order valence-electron chi connectivity index (χ2n) is 5.88. The van der Waals surface area contributed by atoms with Crippen molar-refractivity contribution < 1.29 is 9.59 Å². The van der Waals surface area contributed by atoms with E-state index < -0.39 is 0 Å². The van der Waals surface area contributed by atoms with Crippen LogP contribution in [-0.2, 0) is 4.79 Å². The fourth-order valence-corrected chi connectivity index (χ4v) is 2.99. The number of carbonyl (C=O) groups excluding carboxylic acids is 2. The molecule has 0 aliphatic carbocycles. The molecule has 4 nitrogen and oxygen atoms in total. The molecule has 0 bridgehead atoms. The lowest BCUT2D eigenvalue weighted by atomic mass is 10.1. The SMILES string of the molecule is CCCC(=O)Nc1c(Cl)cc(Cl)cc1C(=O)Nc1ccc(C)cc1C. The van der Waals surface area contributed by atoms with E-state index in [1.807, 2.05) is 39.0 Å². The van der Waals surface area contributed by atoms with Crippen LogP contribution >= 0.6 is 23.2 Å². The van der Waals surface area contributed by atoms with Crippen molar-refractivity contribution in [2.75, 3.05) is 10.6 Å². The highest BCUT2D eigenvalue weighted by Crippen LogP contribution is 2.31. The molecule has 0 aliphatic heterocycles. The van der Waals surface area contributed by atoms with Gasteiger partial charge in [-0.15, -0.1) is 0 Å². The van der Waals surface area contributed by atoms with E-state index in [-0.39, 0.29) is 28.1 Å². The molecule has 0 spiro atoms. The molecule has 2 rings (SSSR count). The van der Waals surface area contributed by atoms with E-state index in [1.165, 1.54) is 12.1 Å². The fraction of sp³-hybridized carbons (Fsp3) is 0.263. The molecular formula is C19H20Cl2N2O2. The predicted molar refractivity (Wildman–Crippen MR) is 104 cm³/mol. The van der Waals surface area contributed by atoms with Crippen LogP contribution in [0.1, 0.15) is 41.3 Å². The Bertz CT molecular complexity index is 819. The van der Waals surface area contributed by atoms with Gasteiger partial charge in [0.15, 0.2) is 0 Å². The number of aryl methyl sites for hydroxylation is 2. The fourth-order valence-electron chi connectivity index (χ4n) is 2.45. The van der Waals surface area contributed by atoms with Crippen LogP contribution in [0.2, 0.25) is 10.0 Å². The summed E-state index contributed by atoms with van der Waals surface area (Å²) < 4.78 is 0. The monoisotopic (exact) mass is 378 g/mol. The molecule has 6 heteroatoms. The van der Waals surface area contributed by atoms with Crippen molar-refractivity contribution in [1.29, 1.82) is 0 Å². The van der Waals surface area contributed by atoms with E-state index in [2.05, 4.69) is 10.6 Å². The zero-order chi connectivity index (χ0) is 18.6. The first kappa shape index (κ1) is 19.3. The Morgan fingerprint density at radius 1 is 1.04 bits per heavy atom. The van der Waals surface area contributed by atoms with Crippen molar-refractivity contribution in [3.05, 3.63) is 57.1 Å². The van der Waals surface area contributed by atoms with Crippen molar-refractivity contribution >= 4 is 46.4 Å². The third kappa shape index (κ3) is 4.97. The molecule has 2 N–H and O–H groups in total. The van der Waals surface area contributed by atoms with Crippen LogP contribution in [0.4, 0.5) is 11.4 Å². The van der Waals surface area contributed by atoms with E-state index in [0.717, 1.165) is 11.1 Å². The largest absolute Gasteiger partial charge is 0.324 e. The van der Waals surface area contributed by atoms with Crippen LogP contribution in [0.3, 0.4) is 0 Å². The Kier molecular flexibility index (Phi) is 6.45. The molecule has 0 fully saturated rings. The van der Waals surface area contributed by atoms with Crippen LogP contribution in [-0.4, -0.2) is 11.8 Å². The average molecular weight is 379 g/mol. The van der Waals surface area contributed by atoms with Crippen LogP contribution in [0, 0.1) is 13.8 Å². The number of amides is 2. The van der Waals surface area contributed by atoms with E-state index >= 15 is 0 Å². The normalized spacial score (nSPS) is 10.4. The summed E-state index contributed by atoms with van der Waals surface area (Å²) in [4.78, 5) is 24.7. The quantitative estimate of drug-likeness (QED) is 0.710. The number of hydrogen-bond acceptors (Lipinski definition) is 2. The zero-order valence-corrected chi connectivity index (χ0v) is 15.9. The second kappa shape index (κ2) is 8.37. The average Bonchev–Trinajstić information content (AvgIpc) is 2.52. The summed E-state index contributed by atoms with van der Waals surface area (Å²) in [6.07, 6.45) is 1.04. The lowest BCUT2D eigenvalue weighted by Crippen LogP contribution is -2.18. The number of hydrogen-bond donors (Lipinski definition) is 2. The third-order valence-electron chi connectivity index (χ3n) is 3.67. The highest BCUT2D eigenvalue weighted by atomic mass is 35.5. The molecular weight excluding hydrogens is 359 g/mol. The van der Waals surface area contributed by atoms with E-state index in [1.54, 1.807) is 0 Å². The summed E-state index contributed by atoms with van der Waals surface area (Å²) in [5.74, 6) is -0.588. The Balaban J connectivity index is 2.35. The van der Waals surface area contributed by atoms with Gasteiger partial charge in [-0.25, -0.2) is 0 Å². The molecule has 0 heterocycles. The molecule has 25 heavy (non-hydrogen) atoms. The minimum absolute atomic E-state index is 0.202. The predicted octanol–water partition coefficient (Wildman–Crippen LogP) is 5.60. The van der Waals surface area contributed by atoms with E-state index in [9.17, 15) is 9.59 Å². The molecule has 0 radical (unpaired) electrons. The van der Waals surface area contributed by atoms with E-state index in [0.29, 0.717) is 23.6 Å². The lowest BCUT2D eigenvalue weighted by molar-refractivity contribution is -0.116. The molecule has 2 aromatic carbocycles. The van der Waals surface area contributed by atoms with Gasteiger partial charge in [0, 0.05) is 17.1 Å². The third-order valence-corrected chi connectivity index (χ3v) is 4.19. The first-order valence-corrected chi connectivity index (χ1v) is 8.75. The maximum Gasteiger partial charge on any atom is 0.257 e. The van der Waals surface area contributed by atoms with Crippen molar-refractivity contribution in [2.45, 2.75) is 33.6 Å². The first-order valence-electron chi connectivity index (χ1n) is 7.99. The molecule has 0 saturated carbocycles. The van der Waals surface area contributed by atoms with Gasteiger partial charge in [0.2, 0.25) is 5.91 Å². The van der Waals surface area contributed by atoms with Crippen LogP contribution < -0.4 is 10.6 Å². The number of nitrogens with one attached hydrogen (secondary N) is 2. The smallest absolute Gasteiger partial charge is 0.257 e. The number of halogens is 2. The van der Waals surface area contributed by atoms with Gasteiger partial charge >= 0.3 is 0 Å². The summed E-state index contributed by atoms with van der Waals surface area (Å²) in [6.45, 7) is 5.80. The molecule has 0 aromatic heterocycles. The number of carbonyl (C=O) groups is 2. The Labute approximate surface area is 157 Å². The molecule has 2 amide bonds. The molecule has 132 valence electrons.